The van der Waals surface area contributed by atoms with E-state index in [-0.39, 0.29) is 16.6 Å². The van der Waals surface area contributed by atoms with E-state index in [1.54, 1.807) is 0 Å². The van der Waals surface area contributed by atoms with E-state index in [0.29, 0.717) is 0 Å². The van der Waals surface area contributed by atoms with Gasteiger partial charge in [-0.3, -0.25) is 4.79 Å². The Morgan fingerprint density at radius 3 is 1.86 bits per heavy atom. The molecule has 0 heterocycles. The highest BCUT2D eigenvalue weighted by Crippen LogP contribution is 2.38. The number of carbonyl (C=O) groups is 1. The van der Waals surface area contributed by atoms with Gasteiger partial charge in [0, 0.05) is 11.1 Å². The lowest BCUT2D eigenvalue weighted by atomic mass is 9.76. The van der Waals surface area contributed by atoms with E-state index in [9.17, 15) is 4.79 Å². The van der Waals surface area contributed by atoms with Crippen LogP contribution >= 0.6 is 0 Å². The molecule has 0 saturated carbocycles. The van der Waals surface area contributed by atoms with Gasteiger partial charge < -0.3 is 0 Å². The van der Waals surface area contributed by atoms with E-state index in [2.05, 4.69) is 65.8 Å². The third kappa shape index (κ3) is 4.09. The molecule has 0 unspecified atom stereocenters. The second-order valence-electron chi connectivity index (χ2n) is 9.50. The van der Waals surface area contributed by atoms with E-state index < -0.39 is 0 Å². The van der Waals surface area contributed by atoms with Crippen LogP contribution in [0.5, 0.6) is 0 Å². The summed E-state index contributed by atoms with van der Waals surface area (Å²) in [4.78, 5) is 13.2. The number of carbonyl (C=O) groups excluding carboxylic acids is 1. The highest BCUT2D eigenvalue weighted by Gasteiger charge is 2.24. The first kappa shape index (κ1) is 20.1. The zero-order chi connectivity index (χ0) is 20.5. The SMILES string of the molecule is CC(C)(C)c1ccc(-c2ccccc2C(=O)c2ccccc2)c(C(C)(C)C)c1. The second-order valence-corrected chi connectivity index (χ2v) is 9.50. The van der Waals surface area contributed by atoms with Crippen molar-refractivity contribution in [2.24, 2.45) is 0 Å². The van der Waals surface area contributed by atoms with E-state index in [1.807, 2.05) is 48.5 Å². The predicted molar refractivity (Wildman–Crippen MR) is 119 cm³/mol. The Hall–Kier alpha value is -2.67. The minimum Gasteiger partial charge on any atom is -0.289 e. The van der Waals surface area contributed by atoms with Gasteiger partial charge in [0.2, 0.25) is 0 Å². The van der Waals surface area contributed by atoms with Gasteiger partial charge in [-0.1, -0.05) is 114 Å². The maximum atomic E-state index is 13.2. The van der Waals surface area contributed by atoms with Crippen molar-refractivity contribution in [2.75, 3.05) is 0 Å². The Morgan fingerprint density at radius 1 is 0.643 bits per heavy atom. The van der Waals surface area contributed by atoms with Gasteiger partial charge in [-0.25, -0.2) is 0 Å². The molecule has 28 heavy (non-hydrogen) atoms. The molecule has 0 saturated heterocycles. The summed E-state index contributed by atoms with van der Waals surface area (Å²) in [6.45, 7) is 13.4. The lowest BCUT2D eigenvalue weighted by Gasteiger charge is -2.28. The summed E-state index contributed by atoms with van der Waals surface area (Å²) in [6.07, 6.45) is 0. The van der Waals surface area contributed by atoms with Gasteiger partial charge in [0.15, 0.2) is 5.78 Å². The fraction of sp³-hybridized carbons (Fsp3) is 0.296. The van der Waals surface area contributed by atoms with Gasteiger partial charge in [0.25, 0.3) is 0 Å². The van der Waals surface area contributed by atoms with Gasteiger partial charge in [-0.05, 0) is 33.1 Å². The van der Waals surface area contributed by atoms with E-state index in [0.717, 1.165) is 22.3 Å². The van der Waals surface area contributed by atoms with Crippen molar-refractivity contribution < 1.29 is 4.79 Å². The van der Waals surface area contributed by atoms with Crippen molar-refractivity contribution in [2.45, 2.75) is 52.4 Å². The maximum Gasteiger partial charge on any atom is 0.193 e. The first-order chi connectivity index (χ1) is 13.1. The molecule has 1 heteroatoms. The van der Waals surface area contributed by atoms with Crippen molar-refractivity contribution in [3.8, 4) is 11.1 Å². The summed E-state index contributed by atoms with van der Waals surface area (Å²) < 4.78 is 0. The lowest BCUT2D eigenvalue weighted by molar-refractivity contribution is 0.103. The molecule has 0 N–H and O–H groups in total. The number of benzene rings is 3. The Balaban J connectivity index is 2.21. The zero-order valence-electron chi connectivity index (χ0n) is 17.8. The standard InChI is InChI=1S/C27H30O/c1-26(2,3)20-16-17-22(24(18-20)27(4,5)6)21-14-10-11-15-23(21)25(28)19-12-8-7-9-13-19/h7-18H,1-6H3. The molecule has 0 aliphatic rings. The summed E-state index contributed by atoms with van der Waals surface area (Å²) in [5, 5.41) is 0. The second kappa shape index (κ2) is 7.39. The summed E-state index contributed by atoms with van der Waals surface area (Å²) in [7, 11) is 0. The zero-order valence-corrected chi connectivity index (χ0v) is 17.8. The molecule has 0 aromatic heterocycles. The molecule has 1 nitrogen and oxygen atoms in total. The largest absolute Gasteiger partial charge is 0.289 e. The average molecular weight is 371 g/mol. The topological polar surface area (TPSA) is 17.1 Å². The number of rotatable bonds is 3. The molecule has 3 rings (SSSR count). The molecule has 0 spiro atoms. The summed E-state index contributed by atoms with van der Waals surface area (Å²) in [6, 6.07) is 24.2. The molecular weight excluding hydrogens is 340 g/mol. The average Bonchev–Trinajstić information content (AvgIpc) is 2.66. The molecule has 0 bridgehead atoms. The summed E-state index contributed by atoms with van der Waals surface area (Å²) >= 11 is 0. The monoisotopic (exact) mass is 370 g/mol. The quantitative estimate of drug-likeness (QED) is 0.446. The van der Waals surface area contributed by atoms with Crippen molar-refractivity contribution in [3.63, 3.8) is 0 Å². The lowest BCUT2D eigenvalue weighted by Crippen LogP contribution is -2.17. The molecule has 0 radical (unpaired) electrons. The molecule has 0 aliphatic heterocycles. The van der Waals surface area contributed by atoms with Gasteiger partial charge in [-0.2, -0.15) is 0 Å². The molecule has 0 aliphatic carbocycles. The van der Waals surface area contributed by atoms with Gasteiger partial charge in [0.05, 0.1) is 0 Å². The molecule has 0 fully saturated rings. The minimum absolute atomic E-state index is 0.0283. The Bertz CT molecular complexity index is 983. The van der Waals surface area contributed by atoms with Gasteiger partial charge in [-0.15, -0.1) is 0 Å². The van der Waals surface area contributed by atoms with Crippen LogP contribution < -0.4 is 0 Å². The number of ketones is 1. The van der Waals surface area contributed by atoms with Crippen LogP contribution in [0.25, 0.3) is 11.1 Å². The Kier molecular flexibility index (Phi) is 5.30. The summed E-state index contributed by atoms with van der Waals surface area (Å²) in [5.74, 6) is 0.0657. The third-order valence-corrected chi connectivity index (χ3v) is 5.19. The van der Waals surface area contributed by atoms with E-state index >= 15 is 0 Å². The van der Waals surface area contributed by atoms with Gasteiger partial charge in [0.1, 0.15) is 0 Å². The van der Waals surface area contributed by atoms with Crippen molar-refractivity contribution in [1.29, 1.82) is 0 Å². The maximum absolute atomic E-state index is 13.2. The molecular formula is C27H30O. The van der Waals surface area contributed by atoms with E-state index in [4.69, 9.17) is 0 Å². The van der Waals surface area contributed by atoms with Crippen molar-refractivity contribution in [3.05, 3.63) is 95.1 Å². The van der Waals surface area contributed by atoms with Crippen molar-refractivity contribution in [1.82, 2.24) is 0 Å². The normalized spacial score (nSPS) is 12.1. The highest BCUT2D eigenvalue weighted by atomic mass is 16.1. The van der Waals surface area contributed by atoms with Crippen LogP contribution in [-0.4, -0.2) is 5.78 Å². The molecule has 0 amide bonds. The molecule has 0 atom stereocenters. The third-order valence-electron chi connectivity index (χ3n) is 5.19. The van der Waals surface area contributed by atoms with Crippen LogP contribution in [-0.2, 0) is 10.8 Å². The van der Waals surface area contributed by atoms with E-state index in [1.165, 1.54) is 11.1 Å². The predicted octanol–water partition coefficient (Wildman–Crippen LogP) is 7.18. The molecule has 144 valence electrons. The summed E-state index contributed by atoms with van der Waals surface area (Å²) in [5.41, 5.74) is 6.25. The van der Waals surface area contributed by atoms with Crippen LogP contribution in [0.4, 0.5) is 0 Å². The first-order valence-electron chi connectivity index (χ1n) is 9.93. The highest BCUT2D eigenvalue weighted by molar-refractivity contribution is 6.13. The Morgan fingerprint density at radius 2 is 1.25 bits per heavy atom. The van der Waals surface area contributed by atoms with Crippen LogP contribution in [0.3, 0.4) is 0 Å². The van der Waals surface area contributed by atoms with Crippen LogP contribution in [0.15, 0.2) is 72.8 Å². The fourth-order valence-electron chi connectivity index (χ4n) is 3.53. The van der Waals surface area contributed by atoms with Crippen molar-refractivity contribution >= 4 is 5.78 Å². The van der Waals surface area contributed by atoms with Gasteiger partial charge >= 0.3 is 0 Å². The van der Waals surface area contributed by atoms with Crippen LogP contribution in [0.2, 0.25) is 0 Å². The van der Waals surface area contributed by atoms with Crippen LogP contribution in [0, 0.1) is 0 Å². The fourth-order valence-corrected chi connectivity index (χ4v) is 3.53. The molecule has 3 aromatic rings. The molecule has 3 aromatic carbocycles. The first-order valence-corrected chi connectivity index (χ1v) is 9.93. The Labute approximate surface area is 169 Å². The number of hydrogen-bond acceptors (Lipinski definition) is 1. The smallest absolute Gasteiger partial charge is 0.193 e. The van der Waals surface area contributed by atoms with Crippen LogP contribution in [0.1, 0.15) is 68.6 Å². The number of hydrogen-bond donors (Lipinski definition) is 0. The minimum atomic E-state index is -0.0283.